The van der Waals surface area contributed by atoms with Gasteiger partial charge < -0.3 is 19.4 Å². The minimum Gasteiger partial charge on any atom is -0.493 e. The maximum Gasteiger partial charge on any atom is 0.138 e. The number of nitrogens with one attached hydrogen (secondary N) is 2. The van der Waals surface area contributed by atoms with Crippen LogP contribution in [0.5, 0.6) is 11.5 Å². The van der Waals surface area contributed by atoms with E-state index in [-0.39, 0.29) is 0 Å². The summed E-state index contributed by atoms with van der Waals surface area (Å²) in [6.45, 7) is 1.03. The lowest BCUT2D eigenvalue weighted by molar-refractivity contribution is 0.313. The number of unbranched alkanes of at least 4 members (excludes halogenated alkanes) is 2. The van der Waals surface area contributed by atoms with Crippen molar-refractivity contribution >= 4 is 22.1 Å². The number of rotatable bonds is 10. The van der Waals surface area contributed by atoms with Gasteiger partial charge in [-0.1, -0.05) is 24.3 Å². The van der Waals surface area contributed by atoms with Gasteiger partial charge in [-0.25, -0.2) is 9.97 Å². The van der Waals surface area contributed by atoms with E-state index >= 15 is 0 Å². The second-order valence-corrected chi connectivity index (χ2v) is 8.33. The molecular formula is C28H24N6O2. The van der Waals surface area contributed by atoms with E-state index in [1.165, 1.54) is 0 Å². The zero-order valence-electron chi connectivity index (χ0n) is 19.6. The van der Waals surface area contributed by atoms with Gasteiger partial charge in [-0.2, -0.15) is 10.5 Å². The number of aromatic nitrogens is 4. The van der Waals surface area contributed by atoms with Crippen molar-refractivity contribution in [2.24, 2.45) is 0 Å². The first-order valence-corrected chi connectivity index (χ1v) is 11.8. The lowest BCUT2D eigenvalue weighted by atomic mass is 10.1. The summed E-state index contributed by atoms with van der Waals surface area (Å²) in [5.41, 5.74) is 5.46. The van der Waals surface area contributed by atoms with Crippen LogP contribution < -0.4 is 9.47 Å². The van der Waals surface area contributed by atoms with E-state index in [1.54, 1.807) is 0 Å². The Balaban J connectivity index is 1.30. The van der Waals surface area contributed by atoms with Crippen molar-refractivity contribution in [2.45, 2.75) is 25.7 Å². The number of imidazole rings is 2. The molecule has 0 saturated heterocycles. The second kappa shape index (κ2) is 10.6. The zero-order valence-corrected chi connectivity index (χ0v) is 19.6. The standard InChI is InChI=1S/C28H24N6O2/c29-13-1-3-15-35-21-9-11-23-25(17-21)33-27(31-23)19-5-7-20(8-6-19)28-32-24-12-10-22(18-26(24)34-28)36-16-4-2-14-30/h5-12,17-18H,1-4,15-16H2,(H,31,33)(H,32,34). The number of hydrogen-bond donors (Lipinski definition) is 2. The Kier molecular flexibility index (Phi) is 6.77. The summed E-state index contributed by atoms with van der Waals surface area (Å²) >= 11 is 0. The average Bonchev–Trinajstić information content (AvgIpc) is 3.53. The highest BCUT2D eigenvalue weighted by atomic mass is 16.5. The summed E-state index contributed by atoms with van der Waals surface area (Å²) in [6.07, 6.45) is 2.39. The predicted molar refractivity (Wildman–Crippen MR) is 137 cm³/mol. The van der Waals surface area contributed by atoms with Crippen LogP contribution in [0.1, 0.15) is 25.7 Å². The number of nitrogens with zero attached hydrogens (tertiary/aromatic N) is 4. The minimum absolute atomic E-state index is 0.486. The highest BCUT2D eigenvalue weighted by Gasteiger charge is 2.10. The number of hydrogen-bond acceptors (Lipinski definition) is 6. The summed E-state index contributed by atoms with van der Waals surface area (Å²) in [4.78, 5) is 16.1. The Morgan fingerprint density at radius 1 is 0.639 bits per heavy atom. The Bertz CT molecular complexity index is 1450. The van der Waals surface area contributed by atoms with E-state index in [0.717, 1.165) is 56.3 Å². The van der Waals surface area contributed by atoms with Gasteiger partial charge in [-0.15, -0.1) is 0 Å². The fourth-order valence-electron chi connectivity index (χ4n) is 3.90. The third kappa shape index (κ3) is 5.13. The highest BCUT2D eigenvalue weighted by Crippen LogP contribution is 2.28. The maximum absolute atomic E-state index is 8.64. The van der Waals surface area contributed by atoms with Crippen molar-refractivity contribution in [2.75, 3.05) is 13.2 Å². The quantitative estimate of drug-likeness (QED) is 0.233. The number of aromatic amines is 2. The third-order valence-corrected chi connectivity index (χ3v) is 5.74. The van der Waals surface area contributed by atoms with Crippen LogP contribution >= 0.6 is 0 Å². The molecule has 0 aliphatic carbocycles. The van der Waals surface area contributed by atoms with Gasteiger partial charge in [0.2, 0.25) is 0 Å². The van der Waals surface area contributed by atoms with Crippen LogP contribution in [0.2, 0.25) is 0 Å². The molecule has 0 radical (unpaired) electrons. The molecule has 0 unspecified atom stereocenters. The van der Waals surface area contributed by atoms with Crippen LogP contribution in [-0.2, 0) is 0 Å². The predicted octanol–water partition coefficient (Wildman–Crippen LogP) is 6.14. The lowest BCUT2D eigenvalue weighted by Gasteiger charge is -2.03. The monoisotopic (exact) mass is 476 g/mol. The summed E-state index contributed by atoms with van der Waals surface area (Å²) in [5.74, 6) is 3.07. The highest BCUT2D eigenvalue weighted by molar-refractivity contribution is 5.82. The first-order chi connectivity index (χ1) is 17.7. The van der Waals surface area contributed by atoms with E-state index in [9.17, 15) is 0 Å². The lowest BCUT2D eigenvalue weighted by Crippen LogP contribution is -1.96. The van der Waals surface area contributed by atoms with E-state index in [2.05, 4.69) is 22.1 Å². The van der Waals surface area contributed by atoms with Crippen molar-refractivity contribution in [1.29, 1.82) is 10.5 Å². The molecule has 3 aromatic carbocycles. The van der Waals surface area contributed by atoms with Crippen LogP contribution in [0.25, 0.3) is 44.8 Å². The van der Waals surface area contributed by atoms with Gasteiger partial charge in [-0.05, 0) is 37.1 Å². The first-order valence-electron chi connectivity index (χ1n) is 11.8. The first kappa shape index (κ1) is 22.9. The van der Waals surface area contributed by atoms with Crippen LogP contribution in [0.4, 0.5) is 0 Å². The van der Waals surface area contributed by atoms with Crippen molar-refractivity contribution in [1.82, 2.24) is 19.9 Å². The van der Waals surface area contributed by atoms with Gasteiger partial charge in [0.15, 0.2) is 0 Å². The van der Waals surface area contributed by atoms with E-state index in [4.69, 9.17) is 30.0 Å². The molecule has 8 nitrogen and oxygen atoms in total. The minimum atomic E-state index is 0.486. The van der Waals surface area contributed by atoms with Crippen molar-refractivity contribution in [3.8, 4) is 46.4 Å². The zero-order chi connectivity index (χ0) is 24.7. The van der Waals surface area contributed by atoms with Gasteiger partial charge >= 0.3 is 0 Å². The van der Waals surface area contributed by atoms with Crippen LogP contribution in [0, 0.1) is 22.7 Å². The van der Waals surface area contributed by atoms with Crippen LogP contribution in [-0.4, -0.2) is 33.1 Å². The molecule has 8 heteroatoms. The smallest absolute Gasteiger partial charge is 0.138 e. The van der Waals surface area contributed by atoms with Crippen LogP contribution in [0.3, 0.4) is 0 Å². The topological polar surface area (TPSA) is 123 Å². The van der Waals surface area contributed by atoms with E-state index in [0.29, 0.717) is 38.9 Å². The maximum atomic E-state index is 8.64. The molecule has 5 aromatic rings. The van der Waals surface area contributed by atoms with Crippen molar-refractivity contribution in [3.05, 3.63) is 60.7 Å². The normalized spacial score (nSPS) is 10.8. The largest absolute Gasteiger partial charge is 0.493 e. The summed E-state index contributed by atoms with van der Waals surface area (Å²) < 4.78 is 11.5. The Hall–Kier alpha value is -4.82. The molecule has 178 valence electrons. The molecule has 0 spiro atoms. The summed E-state index contributed by atoms with van der Waals surface area (Å²) in [7, 11) is 0. The SMILES string of the molecule is N#CCCCOc1ccc2nc(-c3ccc(-c4nc5ccc(OCCCC#N)cc5[nH]4)cc3)[nH]c2c1. The molecule has 0 amide bonds. The van der Waals surface area contributed by atoms with E-state index < -0.39 is 0 Å². The summed E-state index contributed by atoms with van der Waals surface area (Å²) in [6, 6.07) is 23.8. The fraction of sp³-hybridized carbons (Fsp3) is 0.214. The molecule has 0 fully saturated rings. The van der Waals surface area contributed by atoms with Gasteiger partial charge in [0.1, 0.15) is 23.1 Å². The van der Waals surface area contributed by atoms with Gasteiger partial charge in [0.25, 0.3) is 0 Å². The molecule has 36 heavy (non-hydrogen) atoms. The Morgan fingerprint density at radius 3 is 1.50 bits per heavy atom. The van der Waals surface area contributed by atoms with Gasteiger partial charge in [0, 0.05) is 36.1 Å². The van der Waals surface area contributed by atoms with Crippen molar-refractivity contribution in [3.63, 3.8) is 0 Å². The van der Waals surface area contributed by atoms with E-state index in [1.807, 2.05) is 60.7 Å². The molecule has 0 bridgehead atoms. The molecule has 0 aliphatic rings. The number of nitriles is 2. The number of benzene rings is 3. The molecule has 0 aliphatic heterocycles. The molecular weight excluding hydrogens is 452 g/mol. The molecule has 2 heterocycles. The van der Waals surface area contributed by atoms with Crippen LogP contribution in [0.15, 0.2) is 60.7 Å². The van der Waals surface area contributed by atoms with Gasteiger partial charge in [-0.3, -0.25) is 0 Å². The Labute approximate surface area is 208 Å². The fourth-order valence-corrected chi connectivity index (χ4v) is 3.90. The molecule has 5 rings (SSSR count). The molecule has 2 aromatic heterocycles. The number of fused-ring (bicyclic) bond motifs is 2. The Morgan fingerprint density at radius 2 is 1.08 bits per heavy atom. The molecule has 0 atom stereocenters. The summed E-state index contributed by atoms with van der Waals surface area (Å²) in [5, 5.41) is 17.3. The van der Waals surface area contributed by atoms with Gasteiger partial charge in [0.05, 0.1) is 47.4 Å². The molecule has 2 N–H and O–H groups in total. The number of ether oxygens (including phenoxy) is 2. The van der Waals surface area contributed by atoms with Crippen molar-refractivity contribution < 1.29 is 9.47 Å². The molecule has 0 saturated carbocycles. The number of H-pyrrole nitrogens is 2. The second-order valence-electron chi connectivity index (χ2n) is 8.33. The third-order valence-electron chi connectivity index (χ3n) is 5.74. The average molecular weight is 477 g/mol.